The normalized spacial score (nSPS) is 9.33. The Hall–Kier alpha value is -1.56. The van der Waals surface area contributed by atoms with Crippen LogP contribution in [0.4, 0.5) is 0 Å². The summed E-state index contributed by atoms with van der Waals surface area (Å²) in [7, 11) is 0. The predicted molar refractivity (Wildman–Crippen MR) is 62.8 cm³/mol. The van der Waals surface area contributed by atoms with Crippen LogP contribution in [0.3, 0.4) is 0 Å². The van der Waals surface area contributed by atoms with Crippen LogP contribution in [0.25, 0.3) is 0 Å². The topological polar surface area (TPSA) is 78.9 Å². The Morgan fingerprint density at radius 2 is 1.11 bits per heavy atom. The third kappa shape index (κ3) is 4.75. The Kier molecular flexibility index (Phi) is 7.78. The lowest BCUT2D eigenvalue weighted by Crippen LogP contribution is -2.22. The molecule has 18 heavy (non-hydrogen) atoms. The Balaban J connectivity index is 5.29. The van der Waals surface area contributed by atoms with Gasteiger partial charge in [0.25, 0.3) is 0 Å². The number of ether oxygens (including phenoxy) is 3. The van der Waals surface area contributed by atoms with E-state index in [4.69, 9.17) is 11.6 Å². The van der Waals surface area contributed by atoms with Gasteiger partial charge in [0, 0.05) is 0 Å². The highest BCUT2D eigenvalue weighted by molar-refractivity contribution is 6.45. The molecule has 0 aromatic carbocycles. The summed E-state index contributed by atoms with van der Waals surface area (Å²) in [6.45, 7) is 4.81. The van der Waals surface area contributed by atoms with Gasteiger partial charge in [0.1, 0.15) is 5.03 Å². The summed E-state index contributed by atoms with van der Waals surface area (Å²) in [5.41, 5.74) is -0.654. The third-order valence-electron chi connectivity index (χ3n) is 1.63. The van der Waals surface area contributed by atoms with Gasteiger partial charge in [0.05, 0.1) is 19.8 Å². The second-order valence-corrected chi connectivity index (χ2v) is 3.23. The summed E-state index contributed by atoms with van der Waals surface area (Å²) >= 11 is 5.64. The van der Waals surface area contributed by atoms with Crippen LogP contribution < -0.4 is 0 Å². The predicted octanol–water partition coefficient (Wildman–Crippen LogP) is 1.17. The molecule has 0 rings (SSSR count). The molecule has 0 aliphatic carbocycles. The Morgan fingerprint density at radius 1 is 0.778 bits per heavy atom. The summed E-state index contributed by atoms with van der Waals surface area (Å²) in [5.74, 6) is -3.02. The maximum atomic E-state index is 11.5. The third-order valence-corrected chi connectivity index (χ3v) is 1.98. The molecular formula is C11H15ClO6. The molecule has 0 saturated heterocycles. The van der Waals surface area contributed by atoms with Crippen LogP contribution in [-0.2, 0) is 28.6 Å². The number of hydrogen-bond acceptors (Lipinski definition) is 6. The minimum atomic E-state index is -1.02. The van der Waals surface area contributed by atoms with Gasteiger partial charge in [-0.2, -0.15) is 0 Å². The van der Waals surface area contributed by atoms with Crippen molar-refractivity contribution in [1.82, 2.24) is 0 Å². The van der Waals surface area contributed by atoms with Gasteiger partial charge in [-0.05, 0) is 20.8 Å². The summed E-state index contributed by atoms with van der Waals surface area (Å²) in [6.07, 6.45) is 0. The second-order valence-electron chi connectivity index (χ2n) is 2.85. The Morgan fingerprint density at radius 3 is 1.44 bits per heavy atom. The van der Waals surface area contributed by atoms with Crippen molar-refractivity contribution in [2.24, 2.45) is 0 Å². The number of rotatable bonds is 6. The van der Waals surface area contributed by atoms with Crippen molar-refractivity contribution in [2.45, 2.75) is 20.8 Å². The van der Waals surface area contributed by atoms with Crippen molar-refractivity contribution in [3.05, 3.63) is 10.6 Å². The molecule has 0 aromatic heterocycles. The Bertz CT molecular complexity index is 341. The van der Waals surface area contributed by atoms with E-state index in [0.29, 0.717) is 0 Å². The maximum absolute atomic E-state index is 11.5. The molecule has 0 bridgehead atoms. The van der Waals surface area contributed by atoms with E-state index in [1.54, 1.807) is 20.8 Å². The highest BCUT2D eigenvalue weighted by atomic mass is 35.5. The van der Waals surface area contributed by atoms with Gasteiger partial charge in [-0.25, -0.2) is 14.4 Å². The van der Waals surface area contributed by atoms with Gasteiger partial charge >= 0.3 is 17.9 Å². The molecule has 0 saturated carbocycles. The molecule has 0 aliphatic heterocycles. The van der Waals surface area contributed by atoms with Gasteiger partial charge in [0.15, 0.2) is 5.57 Å². The standard InChI is InChI=1S/C11H15ClO6/c1-4-16-9(13)7(10(14)17-5-2)8(12)11(15)18-6-3/h4-6H2,1-3H3. The molecule has 0 fully saturated rings. The number of esters is 3. The lowest BCUT2D eigenvalue weighted by molar-refractivity contribution is -0.148. The van der Waals surface area contributed by atoms with E-state index < -0.39 is 28.5 Å². The van der Waals surface area contributed by atoms with Gasteiger partial charge in [-0.3, -0.25) is 0 Å². The van der Waals surface area contributed by atoms with Crippen molar-refractivity contribution in [2.75, 3.05) is 19.8 Å². The highest BCUT2D eigenvalue weighted by Gasteiger charge is 2.29. The van der Waals surface area contributed by atoms with E-state index in [9.17, 15) is 14.4 Å². The minimum Gasteiger partial charge on any atom is -0.462 e. The monoisotopic (exact) mass is 278 g/mol. The van der Waals surface area contributed by atoms with Gasteiger partial charge < -0.3 is 14.2 Å². The van der Waals surface area contributed by atoms with Crippen molar-refractivity contribution >= 4 is 29.5 Å². The zero-order chi connectivity index (χ0) is 14.1. The molecule has 6 nitrogen and oxygen atoms in total. The number of halogens is 1. The van der Waals surface area contributed by atoms with E-state index in [2.05, 4.69) is 14.2 Å². The lowest BCUT2D eigenvalue weighted by Gasteiger charge is -2.08. The molecule has 0 radical (unpaired) electrons. The average Bonchev–Trinajstić information content (AvgIpc) is 2.30. The van der Waals surface area contributed by atoms with Gasteiger partial charge in [-0.15, -0.1) is 0 Å². The molecule has 102 valence electrons. The number of hydrogen-bond donors (Lipinski definition) is 0. The number of carbonyl (C=O) groups excluding carboxylic acids is 3. The molecule has 0 aliphatic rings. The summed E-state index contributed by atoms with van der Waals surface area (Å²) in [5, 5.41) is -0.645. The van der Waals surface area contributed by atoms with E-state index in [1.165, 1.54) is 0 Å². The molecular weight excluding hydrogens is 264 g/mol. The first-order chi connectivity index (χ1) is 8.49. The fourth-order valence-electron chi connectivity index (χ4n) is 0.966. The fourth-order valence-corrected chi connectivity index (χ4v) is 1.17. The van der Waals surface area contributed by atoms with Crippen LogP contribution in [0.15, 0.2) is 10.6 Å². The fraction of sp³-hybridized carbons (Fsp3) is 0.545. The quantitative estimate of drug-likeness (QED) is 0.239. The van der Waals surface area contributed by atoms with Crippen molar-refractivity contribution in [3.63, 3.8) is 0 Å². The van der Waals surface area contributed by atoms with E-state index in [0.717, 1.165) is 0 Å². The van der Waals surface area contributed by atoms with Crippen LogP contribution in [0.2, 0.25) is 0 Å². The van der Waals surface area contributed by atoms with E-state index in [1.807, 2.05) is 0 Å². The first-order valence-electron chi connectivity index (χ1n) is 5.40. The van der Waals surface area contributed by atoms with Crippen LogP contribution in [0.5, 0.6) is 0 Å². The minimum absolute atomic E-state index is 0.0364. The highest BCUT2D eigenvalue weighted by Crippen LogP contribution is 2.15. The summed E-state index contributed by atoms with van der Waals surface area (Å²) in [4.78, 5) is 34.4. The average molecular weight is 279 g/mol. The smallest absolute Gasteiger partial charge is 0.350 e. The SMILES string of the molecule is CCOC(=O)C(Cl)=C(C(=O)OCC)C(=O)OCC. The summed E-state index contributed by atoms with van der Waals surface area (Å²) < 4.78 is 13.9. The van der Waals surface area contributed by atoms with E-state index >= 15 is 0 Å². The molecule has 0 heterocycles. The van der Waals surface area contributed by atoms with Gasteiger partial charge in [0.2, 0.25) is 0 Å². The molecule has 0 N–H and O–H groups in total. The van der Waals surface area contributed by atoms with Gasteiger partial charge in [-0.1, -0.05) is 11.6 Å². The largest absolute Gasteiger partial charge is 0.462 e. The molecule has 0 atom stereocenters. The van der Waals surface area contributed by atoms with Crippen LogP contribution in [0, 0.1) is 0 Å². The Labute approximate surface area is 110 Å². The second kappa shape index (κ2) is 8.52. The first kappa shape index (κ1) is 16.4. The zero-order valence-electron chi connectivity index (χ0n) is 10.4. The van der Waals surface area contributed by atoms with Crippen molar-refractivity contribution < 1.29 is 28.6 Å². The zero-order valence-corrected chi connectivity index (χ0v) is 11.2. The van der Waals surface area contributed by atoms with Crippen LogP contribution in [0.1, 0.15) is 20.8 Å². The molecule has 0 amide bonds. The van der Waals surface area contributed by atoms with Crippen LogP contribution in [-0.4, -0.2) is 37.7 Å². The molecule has 0 spiro atoms. The first-order valence-corrected chi connectivity index (χ1v) is 5.78. The molecule has 0 unspecified atom stereocenters. The maximum Gasteiger partial charge on any atom is 0.350 e. The van der Waals surface area contributed by atoms with Crippen molar-refractivity contribution in [3.8, 4) is 0 Å². The number of carbonyl (C=O) groups is 3. The summed E-state index contributed by atoms with van der Waals surface area (Å²) in [6, 6.07) is 0. The molecule has 7 heteroatoms. The van der Waals surface area contributed by atoms with Crippen LogP contribution >= 0.6 is 11.6 Å². The van der Waals surface area contributed by atoms with Crippen molar-refractivity contribution in [1.29, 1.82) is 0 Å². The lowest BCUT2D eigenvalue weighted by atomic mass is 10.2. The van der Waals surface area contributed by atoms with E-state index in [-0.39, 0.29) is 19.8 Å². The molecule has 0 aromatic rings.